The second-order valence-electron chi connectivity index (χ2n) is 5.89. The minimum absolute atomic E-state index is 0. The van der Waals surface area contributed by atoms with E-state index in [2.05, 4.69) is 26.0 Å². The minimum Gasteiger partial charge on any atom is -0.494 e. The topological polar surface area (TPSA) is 26.3 Å². The van der Waals surface area contributed by atoms with Crippen LogP contribution in [-0.4, -0.2) is 12.1 Å². The first-order chi connectivity index (χ1) is 11.0. The fourth-order valence-electron chi connectivity index (χ4n) is 2.64. The fourth-order valence-corrected chi connectivity index (χ4v) is 3.64. The fraction of sp³-hybridized carbons (Fsp3) is 0.350. The van der Waals surface area contributed by atoms with E-state index >= 15 is 0 Å². The van der Waals surface area contributed by atoms with Gasteiger partial charge in [0.1, 0.15) is 5.75 Å². The van der Waals surface area contributed by atoms with E-state index in [0.29, 0.717) is 8.58 Å². The Morgan fingerprint density at radius 3 is 2.17 bits per heavy atom. The second kappa shape index (κ2) is 10.0. The molecular weight excluding hydrogens is 310 g/mol. The molecule has 2 rings (SSSR count). The van der Waals surface area contributed by atoms with E-state index in [-0.39, 0.29) is 24.4 Å². The molecule has 0 aliphatic carbocycles. The predicted molar refractivity (Wildman–Crippen MR) is 98.4 cm³/mol. The van der Waals surface area contributed by atoms with Crippen LogP contribution in [0.15, 0.2) is 36.4 Å². The molecule has 0 N–H and O–H groups in total. The van der Waals surface area contributed by atoms with Crippen LogP contribution >= 0.6 is 8.58 Å². The molecule has 122 valence electrons. The van der Waals surface area contributed by atoms with Crippen molar-refractivity contribution in [1.82, 2.24) is 0 Å². The van der Waals surface area contributed by atoms with Crippen molar-refractivity contribution in [3.8, 4) is 5.75 Å². The number of unbranched alkanes of at least 4 members (excludes halogenated alkanes) is 1. The summed E-state index contributed by atoms with van der Waals surface area (Å²) >= 11 is 0. The monoisotopic (exact) mass is 334 g/mol. The average Bonchev–Trinajstić information content (AvgIpc) is 2.48. The first-order valence-corrected chi connectivity index (χ1v) is 8.97. The maximum absolute atomic E-state index is 12.6. The summed E-state index contributed by atoms with van der Waals surface area (Å²) in [6.07, 6.45) is 2.19. The molecule has 24 heavy (non-hydrogen) atoms. The molecule has 0 atom stereocenters. The molecule has 0 aliphatic rings. The van der Waals surface area contributed by atoms with Crippen LogP contribution in [-0.2, 0) is 0 Å². The van der Waals surface area contributed by atoms with E-state index in [9.17, 15) is 4.79 Å². The molecule has 2 nitrogen and oxygen atoms in total. The summed E-state index contributed by atoms with van der Waals surface area (Å²) in [5.41, 5.74) is 4.31. The van der Waals surface area contributed by atoms with Crippen LogP contribution in [0.25, 0.3) is 0 Å². The number of hydrogen-bond acceptors (Lipinski definition) is 2. The second-order valence-corrected chi connectivity index (χ2v) is 7.03. The normalized spacial score (nSPS) is 10.7. The number of aryl methyl sites for hydroxylation is 3. The molecular formula is C20H24LiO2P. The van der Waals surface area contributed by atoms with Crippen LogP contribution in [0.3, 0.4) is 0 Å². The molecule has 0 amide bonds. The van der Waals surface area contributed by atoms with E-state index in [1.54, 1.807) is 0 Å². The van der Waals surface area contributed by atoms with Gasteiger partial charge in [-0.3, -0.25) is 0 Å². The van der Waals surface area contributed by atoms with Gasteiger partial charge in [-0.15, -0.1) is 0 Å². The van der Waals surface area contributed by atoms with Crippen molar-refractivity contribution in [2.24, 2.45) is 0 Å². The number of carbonyl (C=O) groups excluding carboxylic acids is 1. The molecule has 0 radical (unpaired) electrons. The first kappa shape index (κ1) is 21.0. The molecule has 0 spiro atoms. The van der Waals surface area contributed by atoms with Crippen molar-refractivity contribution in [3.05, 3.63) is 58.7 Å². The van der Waals surface area contributed by atoms with Gasteiger partial charge in [0, 0.05) is 5.52 Å². The Morgan fingerprint density at radius 2 is 1.62 bits per heavy atom. The third kappa shape index (κ3) is 5.78. The Morgan fingerprint density at radius 1 is 1.04 bits per heavy atom. The molecule has 4 heteroatoms. The molecule has 2 aromatic carbocycles. The first-order valence-electron chi connectivity index (χ1n) is 8.08. The summed E-state index contributed by atoms with van der Waals surface area (Å²) in [5, 5.41) is 0.997. The number of carbonyl (C=O) groups is 1. The van der Waals surface area contributed by atoms with Gasteiger partial charge in [-0.05, 0) is 56.0 Å². The molecule has 0 unspecified atom stereocenters. The molecule has 0 fully saturated rings. The predicted octanol–water partition coefficient (Wildman–Crippen LogP) is 2.21. The van der Waals surface area contributed by atoms with Crippen LogP contribution in [0.1, 0.15) is 46.8 Å². The van der Waals surface area contributed by atoms with Crippen molar-refractivity contribution in [1.29, 1.82) is 0 Å². The van der Waals surface area contributed by atoms with Gasteiger partial charge < -0.3 is 18.1 Å². The maximum atomic E-state index is 12.6. The van der Waals surface area contributed by atoms with Crippen LogP contribution < -0.4 is 28.9 Å². The summed E-state index contributed by atoms with van der Waals surface area (Å²) in [6.45, 7) is 8.96. The van der Waals surface area contributed by atoms with Gasteiger partial charge >= 0.3 is 18.9 Å². The Balaban J connectivity index is 0.00000288. The Hall–Kier alpha value is -1.06. The summed E-state index contributed by atoms with van der Waals surface area (Å²) in [4.78, 5) is 12.6. The third-order valence-corrected chi connectivity index (χ3v) is 4.71. The standard InChI is InChI=1S/C20H24O2P.Li/c1-5-6-11-22-17-7-9-18(10-8-17)23-20(21)19-15(3)12-14(2)13-16(19)4;/h7-10,12-13H,5-6,11H2,1-4H3;/q-1;+1. The number of ether oxygens (including phenoxy) is 1. The summed E-state index contributed by atoms with van der Waals surface area (Å²) < 4.78 is 5.65. The van der Waals surface area contributed by atoms with Gasteiger partial charge in [0.05, 0.1) is 6.61 Å². The summed E-state index contributed by atoms with van der Waals surface area (Å²) in [6, 6.07) is 12.0. The quantitative estimate of drug-likeness (QED) is 0.441. The minimum atomic E-state index is 0. The maximum Gasteiger partial charge on any atom is 1.00 e. The zero-order chi connectivity index (χ0) is 16.8. The average molecular weight is 334 g/mol. The zero-order valence-corrected chi connectivity index (χ0v) is 16.2. The molecule has 0 bridgehead atoms. The van der Waals surface area contributed by atoms with Crippen molar-refractivity contribution in [2.75, 3.05) is 6.61 Å². The molecule has 0 heterocycles. The zero-order valence-electron chi connectivity index (χ0n) is 15.3. The number of rotatable bonds is 7. The smallest absolute Gasteiger partial charge is 0.494 e. The molecule has 0 saturated carbocycles. The van der Waals surface area contributed by atoms with E-state index in [1.807, 2.05) is 38.1 Å². The summed E-state index contributed by atoms with van der Waals surface area (Å²) in [5.74, 6) is 0.868. The van der Waals surface area contributed by atoms with Crippen molar-refractivity contribution < 1.29 is 28.4 Å². The molecule has 0 saturated heterocycles. The number of hydrogen-bond donors (Lipinski definition) is 0. The van der Waals surface area contributed by atoms with Crippen LogP contribution in [0, 0.1) is 20.8 Å². The van der Waals surface area contributed by atoms with Gasteiger partial charge in [0.2, 0.25) is 0 Å². The SMILES string of the molecule is CCCCOc1ccc([P-]C(=O)c2c(C)cc(C)cc2C)cc1.[Li+]. The Bertz CT molecular complexity index is 658. The molecule has 2 aromatic rings. The Labute approximate surface area is 159 Å². The van der Waals surface area contributed by atoms with Gasteiger partial charge in [0.25, 0.3) is 0 Å². The number of benzene rings is 2. The van der Waals surface area contributed by atoms with Crippen molar-refractivity contribution in [3.63, 3.8) is 0 Å². The molecule has 0 aliphatic heterocycles. The summed E-state index contributed by atoms with van der Waals surface area (Å²) in [7, 11) is 0.712. The van der Waals surface area contributed by atoms with E-state index < -0.39 is 0 Å². The van der Waals surface area contributed by atoms with Gasteiger partial charge in [-0.2, -0.15) is 5.30 Å². The van der Waals surface area contributed by atoms with E-state index in [4.69, 9.17) is 4.74 Å². The van der Waals surface area contributed by atoms with Gasteiger partial charge in [0.15, 0.2) is 0 Å². The van der Waals surface area contributed by atoms with Crippen molar-refractivity contribution in [2.45, 2.75) is 40.5 Å². The van der Waals surface area contributed by atoms with Crippen LogP contribution in [0.2, 0.25) is 0 Å². The van der Waals surface area contributed by atoms with Crippen molar-refractivity contribution >= 4 is 19.4 Å². The van der Waals surface area contributed by atoms with Gasteiger partial charge in [-0.25, -0.2) is 0 Å². The largest absolute Gasteiger partial charge is 1.00 e. The third-order valence-electron chi connectivity index (χ3n) is 3.72. The van der Waals surface area contributed by atoms with E-state index in [0.717, 1.165) is 47.2 Å². The van der Waals surface area contributed by atoms with E-state index in [1.165, 1.54) is 5.56 Å². The van der Waals surface area contributed by atoms with Crippen LogP contribution in [0.5, 0.6) is 5.75 Å². The molecule has 0 aromatic heterocycles. The van der Waals surface area contributed by atoms with Crippen LogP contribution in [0.4, 0.5) is 0 Å². The van der Waals surface area contributed by atoms with Gasteiger partial charge in [-0.1, -0.05) is 43.2 Å². The Kier molecular flexibility index (Phi) is 8.78.